The van der Waals surface area contributed by atoms with Gasteiger partial charge in [-0.3, -0.25) is 0 Å². The molecule has 0 aliphatic carbocycles. The number of hydrogen-bond donors (Lipinski definition) is 0. The first kappa shape index (κ1) is 17.9. The third kappa shape index (κ3) is 9.78. The van der Waals surface area contributed by atoms with E-state index < -0.39 is 0 Å². The van der Waals surface area contributed by atoms with E-state index in [4.69, 9.17) is 3.57 Å². The molecule has 0 fully saturated rings. The molecule has 0 unspecified atom stereocenters. The molecule has 0 saturated heterocycles. The first-order valence-corrected chi connectivity index (χ1v) is 1.50. The molecule has 0 aromatic carbocycles. The number of hydrogen-bond acceptors (Lipinski definition) is 1. The summed E-state index contributed by atoms with van der Waals surface area (Å²) < 4.78 is 8.38. The van der Waals surface area contributed by atoms with Gasteiger partial charge >= 0.3 is 21.8 Å². The van der Waals surface area contributed by atoms with Gasteiger partial charge in [-0.15, -0.1) is 0 Å². The summed E-state index contributed by atoms with van der Waals surface area (Å²) in [6.07, 6.45) is 0. The zero-order chi connectivity index (χ0) is 2.00. The van der Waals surface area contributed by atoms with Gasteiger partial charge in [0.15, 0.2) is 17.4 Å². The molecule has 0 N–H and O–H groups in total. The van der Waals surface area contributed by atoms with Gasteiger partial charge in [-0.1, -0.05) is 0 Å². The fraction of sp³-hybridized carbons (Fsp3) is 0. The van der Waals surface area contributed by atoms with Crippen molar-refractivity contribution in [3.05, 3.63) is 0 Å². The second kappa shape index (κ2) is 24.8. The monoisotopic (exact) mass is 165 g/mol. The van der Waals surface area contributed by atoms with Crippen molar-refractivity contribution in [2.45, 2.75) is 0 Å². The fourth-order valence-corrected chi connectivity index (χ4v) is 0. The zero-order valence-electron chi connectivity index (χ0n) is 1.49. The van der Waals surface area contributed by atoms with Crippen molar-refractivity contribution in [1.82, 2.24) is 0 Å². The second-order valence-electron chi connectivity index (χ2n) is 0. The summed E-state index contributed by atoms with van der Waals surface area (Å²) in [6, 6.07) is 0. The molecule has 0 rings (SSSR count). The van der Waals surface area contributed by atoms with Crippen molar-refractivity contribution < 1.29 is 38.9 Å². The SMILES string of the molecule is [AlH3].[Mn].[O]=[Zn]. The quantitative estimate of drug-likeness (QED) is 0.409. The van der Waals surface area contributed by atoms with Crippen molar-refractivity contribution in [3.63, 3.8) is 0 Å². The van der Waals surface area contributed by atoms with Gasteiger partial charge in [0, 0.05) is 17.1 Å². The number of rotatable bonds is 0. The van der Waals surface area contributed by atoms with E-state index in [-0.39, 0.29) is 52.7 Å². The Labute approximate surface area is 56.1 Å². The summed E-state index contributed by atoms with van der Waals surface area (Å²) in [6.45, 7) is 0. The van der Waals surface area contributed by atoms with E-state index in [2.05, 4.69) is 0 Å². The van der Waals surface area contributed by atoms with Crippen LogP contribution in [0.3, 0.4) is 0 Å². The van der Waals surface area contributed by atoms with Gasteiger partial charge < -0.3 is 0 Å². The molecule has 0 aromatic rings. The first-order valence-electron chi connectivity index (χ1n) is 0.289. The minimum absolute atomic E-state index is 0. The molecule has 0 aromatic heterocycles. The molecular formula is H3AlMnOZn. The van der Waals surface area contributed by atoms with Crippen molar-refractivity contribution in [1.29, 1.82) is 0 Å². The summed E-state index contributed by atoms with van der Waals surface area (Å²) in [5.41, 5.74) is 0. The average molecular weight is 166 g/mol. The Morgan fingerprint density at radius 2 is 1.25 bits per heavy atom. The normalized spacial score (nSPS) is 1.50. The van der Waals surface area contributed by atoms with Crippen LogP contribution >= 0.6 is 0 Å². The third-order valence-electron chi connectivity index (χ3n) is 0. The summed E-state index contributed by atoms with van der Waals surface area (Å²) in [7, 11) is 0. The van der Waals surface area contributed by atoms with Crippen LogP contribution in [0, 0.1) is 0 Å². The van der Waals surface area contributed by atoms with E-state index in [1.165, 1.54) is 0 Å². The van der Waals surface area contributed by atoms with Crippen LogP contribution in [0.1, 0.15) is 0 Å². The van der Waals surface area contributed by atoms with E-state index in [0.717, 1.165) is 0 Å². The van der Waals surface area contributed by atoms with Crippen LogP contribution in [0.25, 0.3) is 0 Å². The topological polar surface area (TPSA) is 17.1 Å². The molecule has 1 nitrogen and oxygen atoms in total. The maximum atomic E-state index is 8.38. The molecule has 0 aliphatic rings. The molecule has 4 heavy (non-hydrogen) atoms. The Morgan fingerprint density at radius 1 is 1.25 bits per heavy atom. The van der Waals surface area contributed by atoms with Crippen molar-refractivity contribution >= 4 is 17.4 Å². The molecule has 0 aliphatic heterocycles. The van der Waals surface area contributed by atoms with Crippen molar-refractivity contribution in [3.8, 4) is 0 Å². The van der Waals surface area contributed by atoms with Gasteiger partial charge in [-0.05, 0) is 0 Å². The Balaban J connectivity index is -0.00000000500. The predicted octanol–water partition coefficient (Wildman–Crippen LogP) is -1.31. The van der Waals surface area contributed by atoms with Crippen LogP contribution in [0.15, 0.2) is 0 Å². The van der Waals surface area contributed by atoms with Gasteiger partial charge in [0.05, 0.1) is 0 Å². The Kier molecular flexibility index (Phi) is 111. The van der Waals surface area contributed by atoms with E-state index in [1.807, 2.05) is 0 Å². The van der Waals surface area contributed by atoms with Crippen LogP contribution < -0.4 is 0 Å². The molecule has 0 saturated carbocycles. The predicted molar refractivity (Wildman–Crippen MR) is 10.6 cm³/mol. The summed E-state index contributed by atoms with van der Waals surface area (Å²) in [5, 5.41) is 0. The van der Waals surface area contributed by atoms with Gasteiger partial charge in [0.1, 0.15) is 0 Å². The van der Waals surface area contributed by atoms with Gasteiger partial charge in [-0.2, -0.15) is 0 Å². The molecular weight excluding hydrogens is 163 g/mol. The van der Waals surface area contributed by atoms with Gasteiger partial charge in [0.25, 0.3) is 0 Å². The molecule has 21 valence electrons. The van der Waals surface area contributed by atoms with Gasteiger partial charge in [-0.25, -0.2) is 0 Å². The molecule has 0 spiro atoms. The molecule has 0 bridgehead atoms. The summed E-state index contributed by atoms with van der Waals surface area (Å²) >= 11 is 0.125. The van der Waals surface area contributed by atoms with Crippen molar-refractivity contribution in [2.75, 3.05) is 0 Å². The maximum absolute atomic E-state index is 8.38. The summed E-state index contributed by atoms with van der Waals surface area (Å²) in [4.78, 5) is 0. The van der Waals surface area contributed by atoms with E-state index in [0.29, 0.717) is 0 Å². The second-order valence-corrected chi connectivity index (χ2v) is 0. The molecule has 4 heteroatoms. The molecule has 0 amide bonds. The average Bonchev–Trinajstić information content (AvgIpc) is 1.00. The van der Waals surface area contributed by atoms with Gasteiger partial charge in [0.2, 0.25) is 0 Å². The van der Waals surface area contributed by atoms with E-state index in [9.17, 15) is 0 Å². The Morgan fingerprint density at radius 3 is 1.25 bits per heavy atom. The third-order valence-corrected chi connectivity index (χ3v) is 0. The first-order chi connectivity index (χ1) is 1.00. The molecule has 0 atom stereocenters. The van der Waals surface area contributed by atoms with Crippen LogP contribution in [0.2, 0.25) is 0 Å². The van der Waals surface area contributed by atoms with Crippen molar-refractivity contribution in [2.24, 2.45) is 0 Å². The minimum atomic E-state index is 0. The Bertz CT molecular complexity index is 8.00. The van der Waals surface area contributed by atoms with E-state index >= 15 is 0 Å². The molecule has 0 heterocycles. The molecule has 1 radical (unpaired) electrons. The summed E-state index contributed by atoms with van der Waals surface area (Å²) in [5.74, 6) is 0. The van der Waals surface area contributed by atoms with E-state index in [1.54, 1.807) is 0 Å². The van der Waals surface area contributed by atoms with Crippen LogP contribution in [-0.2, 0) is 38.9 Å². The van der Waals surface area contributed by atoms with Crippen LogP contribution in [-0.4, -0.2) is 17.4 Å². The Hall–Kier alpha value is 1.48. The fourth-order valence-electron chi connectivity index (χ4n) is 0. The van der Waals surface area contributed by atoms with Crippen LogP contribution in [0.4, 0.5) is 0 Å². The van der Waals surface area contributed by atoms with Crippen LogP contribution in [0.5, 0.6) is 0 Å². The zero-order valence-corrected chi connectivity index (χ0v) is 5.64. The standard InChI is InChI=1S/Al.Mn.O.Zn.3H.